The van der Waals surface area contributed by atoms with Crippen molar-refractivity contribution in [2.75, 3.05) is 0 Å². The van der Waals surface area contributed by atoms with Crippen molar-refractivity contribution in [1.82, 2.24) is 10.2 Å². The molecule has 0 fully saturated rings. The van der Waals surface area contributed by atoms with E-state index in [0.717, 1.165) is 11.1 Å². The van der Waals surface area contributed by atoms with Gasteiger partial charge in [-0.2, -0.15) is 0 Å². The summed E-state index contributed by atoms with van der Waals surface area (Å²) in [5, 5.41) is 8.24. The molecule has 0 aliphatic rings. The van der Waals surface area contributed by atoms with E-state index in [1.807, 2.05) is 20.8 Å². The molecule has 3 nitrogen and oxygen atoms in total. The molecule has 0 spiro atoms. The van der Waals surface area contributed by atoms with Gasteiger partial charge in [-0.05, 0) is 32.3 Å². The smallest absolute Gasteiger partial charge is 0.236 e. The van der Waals surface area contributed by atoms with Crippen LogP contribution in [0.25, 0.3) is 0 Å². The number of hydrogen-bond donors (Lipinski definition) is 0. The molecule has 15 heavy (non-hydrogen) atoms. The Kier molecular flexibility index (Phi) is 3.91. The zero-order valence-corrected chi connectivity index (χ0v) is 10.6. The van der Waals surface area contributed by atoms with Gasteiger partial charge in [-0.3, -0.25) is 0 Å². The number of hydrogen-bond acceptors (Lipinski definition) is 3. The van der Waals surface area contributed by atoms with Gasteiger partial charge in [0.1, 0.15) is 0 Å². The maximum Gasteiger partial charge on any atom is 0.236 e. The second-order valence-electron chi connectivity index (χ2n) is 4.11. The molecule has 4 heteroatoms. The normalized spacial score (nSPS) is 13.0. The van der Waals surface area contributed by atoms with Gasteiger partial charge in [0.15, 0.2) is 5.15 Å². The highest BCUT2D eigenvalue weighted by atomic mass is 35.5. The Hall–Kier alpha value is -0.830. The molecule has 1 unspecified atom stereocenters. The van der Waals surface area contributed by atoms with Crippen LogP contribution in [0.15, 0.2) is 0 Å². The van der Waals surface area contributed by atoms with E-state index >= 15 is 0 Å². The fourth-order valence-electron chi connectivity index (χ4n) is 0.979. The van der Waals surface area contributed by atoms with Crippen molar-refractivity contribution in [3.05, 3.63) is 16.3 Å². The summed E-state index contributed by atoms with van der Waals surface area (Å²) in [6, 6.07) is 0. The first-order valence-corrected chi connectivity index (χ1v) is 5.47. The van der Waals surface area contributed by atoms with Gasteiger partial charge >= 0.3 is 0 Å². The molecule has 0 N–H and O–H groups in total. The Balaban J connectivity index is 2.92. The summed E-state index contributed by atoms with van der Waals surface area (Å²) < 4.78 is 5.71. The highest BCUT2D eigenvalue weighted by Crippen LogP contribution is 2.23. The average molecular weight is 229 g/mol. The SMILES string of the molecule is Cc1c(Cl)nnc(OC(C)C(C)C)c1C. The number of halogens is 1. The van der Waals surface area contributed by atoms with Crippen molar-refractivity contribution in [3.63, 3.8) is 0 Å². The number of rotatable bonds is 3. The number of ether oxygens (including phenoxy) is 1. The van der Waals surface area contributed by atoms with E-state index in [0.29, 0.717) is 17.0 Å². The van der Waals surface area contributed by atoms with Crippen molar-refractivity contribution < 1.29 is 4.74 Å². The van der Waals surface area contributed by atoms with Crippen molar-refractivity contribution in [3.8, 4) is 5.88 Å². The summed E-state index contributed by atoms with van der Waals surface area (Å²) in [5.74, 6) is 1.03. The summed E-state index contributed by atoms with van der Waals surface area (Å²) in [5.41, 5.74) is 1.89. The van der Waals surface area contributed by atoms with Gasteiger partial charge in [0.25, 0.3) is 0 Å². The quantitative estimate of drug-likeness (QED) is 0.797. The molecule has 0 bridgehead atoms. The molecule has 0 saturated carbocycles. The first-order valence-electron chi connectivity index (χ1n) is 5.09. The van der Waals surface area contributed by atoms with Crippen LogP contribution in [0.3, 0.4) is 0 Å². The van der Waals surface area contributed by atoms with Gasteiger partial charge in [-0.15, -0.1) is 10.2 Å². The zero-order chi connectivity index (χ0) is 11.6. The summed E-state index contributed by atoms with van der Waals surface area (Å²) in [6.45, 7) is 10.1. The van der Waals surface area contributed by atoms with E-state index in [-0.39, 0.29) is 6.10 Å². The van der Waals surface area contributed by atoms with E-state index in [1.165, 1.54) is 0 Å². The Labute approximate surface area is 95.8 Å². The highest BCUT2D eigenvalue weighted by molar-refractivity contribution is 6.30. The third kappa shape index (κ3) is 2.81. The summed E-state index contributed by atoms with van der Waals surface area (Å²) >= 11 is 5.86. The van der Waals surface area contributed by atoms with Crippen LogP contribution in [0.5, 0.6) is 5.88 Å². The first-order chi connectivity index (χ1) is 6.93. The predicted octanol–water partition coefficient (Wildman–Crippen LogP) is 3.17. The molecule has 0 radical (unpaired) electrons. The number of aromatic nitrogens is 2. The van der Waals surface area contributed by atoms with Gasteiger partial charge in [0, 0.05) is 5.56 Å². The van der Waals surface area contributed by atoms with Crippen LogP contribution in [-0.2, 0) is 0 Å². The largest absolute Gasteiger partial charge is 0.473 e. The molecule has 1 aromatic rings. The standard InChI is InChI=1S/C11H17ClN2O/c1-6(2)9(5)15-11-8(4)7(3)10(12)13-14-11/h6,9H,1-5H3. The van der Waals surface area contributed by atoms with Gasteiger partial charge in [-0.25, -0.2) is 0 Å². The van der Waals surface area contributed by atoms with Gasteiger partial charge in [0.2, 0.25) is 5.88 Å². The maximum atomic E-state index is 5.86. The monoisotopic (exact) mass is 228 g/mol. The van der Waals surface area contributed by atoms with E-state index in [1.54, 1.807) is 0 Å². The molecule has 0 amide bonds. The Morgan fingerprint density at radius 3 is 2.20 bits per heavy atom. The Morgan fingerprint density at radius 1 is 1.07 bits per heavy atom. The molecule has 0 saturated heterocycles. The molecule has 1 rings (SSSR count). The lowest BCUT2D eigenvalue weighted by molar-refractivity contribution is 0.160. The van der Waals surface area contributed by atoms with E-state index in [4.69, 9.17) is 16.3 Å². The van der Waals surface area contributed by atoms with Gasteiger partial charge < -0.3 is 4.74 Å². The fraction of sp³-hybridized carbons (Fsp3) is 0.636. The van der Waals surface area contributed by atoms with Crippen LogP contribution in [0, 0.1) is 19.8 Å². The van der Waals surface area contributed by atoms with Crippen molar-refractivity contribution in [2.24, 2.45) is 5.92 Å². The van der Waals surface area contributed by atoms with Crippen LogP contribution in [0.2, 0.25) is 5.15 Å². The van der Waals surface area contributed by atoms with E-state index in [9.17, 15) is 0 Å². The van der Waals surface area contributed by atoms with Crippen LogP contribution in [-0.4, -0.2) is 16.3 Å². The lowest BCUT2D eigenvalue weighted by atomic mass is 10.1. The molecule has 1 heterocycles. The minimum atomic E-state index is 0.124. The summed E-state index contributed by atoms with van der Waals surface area (Å²) in [6.07, 6.45) is 0.124. The molecular weight excluding hydrogens is 212 g/mol. The average Bonchev–Trinajstić information content (AvgIpc) is 2.18. The third-order valence-corrected chi connectivity index (χ3v) is 3.02. The highest BCUT2D eigenvalue weighted by Gasteiger charge is 2.14. The lowest BCUT2D eigenvalue weighted by Gasteiger charge is -2.18. The molecule has 1 atom stereocenters. The molecular formula is C11H17ClN2O. The maximum absolute atomic E-state index is 5.86. The summed E-state index contributed by atoms with van der Waals surface area (Å²) in [7, 11) is 0. The molecule has 84 valence electrons. The van der Waals surface area contributed by atoms with E-state index in [2.05, 4.69) is 24.0 Å². The van der Waals surface area contributed by atoms with Crippen molar-refractivity contribution in [2.45, 2.75) is 40.7 Å². The second-order valence-corrected chi connectivity index (χ2v) is 4.47. The van der Waals surface area contributed by atoms with Crippen LogP contribution in [0.4, 0.5) is 0 Å². The van der Waals surface area contributed by atoms with Gasteiger partial charge in [-0.1, -0.05) is 25.4 Å². The topological polar surface area (TPSA) is 35.0 Å². The van der Waals surface area contributed by atoms with Gasteiger partial charge in [0.05, 0.1) is 6.10 Å². The minimum Gasteiger partial charge on any atom is -0.473 e. The molecule has 0 aromatic carbocycles. The van der Waals surface area contributed by atoms with Crippen LogP contribution >= 0.6 is 11.6 Å². The fourth-order valence-corrected chi connectivity index (χ4v) is 1.16. The summed E-state index contributed by atoms with van der Waals surface area (Å²) in [4.78, 5) is 0. The third-order valence-electron chi connectivity index (χ3n) is 2.66. The Bertz CT molecular complexity index is 353. The lowest BCUT2D eigenvalue weighted by Crippen LogP contribution is -2.20. The van der Waals surface area contributed by atoms with Crippen LogP contribution < -0.4 is 4.74 Å². The van der Waals surface area contributed by atoms with Crippen LogP contribution in [0.1, 0.15) is 31.9 Å². The zero-order valence-electron chi connectivity index (χ0n) is 9.84. The predicted molar refractivity (Wildman–Crippen MR) is 61.4 cm³/mol. The molecule has 1 aromatic heterocycles. The minimum absolute atomic E-state index is 0.124. The second kappa shape index (κ2) is 4.79. The first kappa shape index (κ1) is 12.2. The molecule has 0 aliphatic heterocycles. The molecule has 0 aliphatic carbocycles. The van der Waals surface area contributed by atoms with Crippen molar-refractivity contribution in [1.29, 1.82) is 0 Å². The number of nitrogens with zero attached hydrogens (tertiary/aromatic N) is 2. The Morgan fingerprint density at radius 2 is 1.67 bits per heavy atom. The van der Waals surface area contributed by atoms with E-state index < -0.39 is 0 Å². The van der Waals surface area contributed by atoms with Crippen molar-refractivity contribution >= 4 is 11.6 Å².